The lowest BCUT2D eigenvalue weighted by molar-refractivity contribution is 0.0853. The van der Waals surface area contributed by atoms with Crippen molar-refractivity contribution < 1.29 is 9.84 Å². The molecule has 1 aliphatic carbocycles. The van der Waals surface area contributed by atoms with Crippen LogP contribution < -0.4 is 4.74 Å². The average Bonchev–Trinajstić information content (AvgIpc) is 2.93. The fourth-order valence-electron chi connectivity index (χ4n) is 2.84. The van der Waals surface area contributed by atoms with Crippen molar-refractivity contribution in [1.29, 1.82) is 0 Å². The Balaban J connectivity index is 1.77. The summed E-state index contributed by atoms with van der Waals surface area (Å²) < 4.78 is 5.77. The zero-order chi connectivity index (χ0) is 13.7. The van der Waals surface area contributed by atoms with Gasteiger partial charge in [-0.2, -0.15) is 0 Å². The summed E-state index contributed by atoms with van der Waals surface area (Å²) in [6.07, 6.45) is 5.48. The van der Waals surface area contributed by atoms with Gasteiger partial charge in [0.05, 0.1) is 12.7 Å². The maximum atomic E-state index is 10.1. The number of hydrogen-bond donors (Lipinski definition) is 1. The number of aliphatic hydroxyl groups excluding tert-OH is 1. The fraction of sp³-hybridized carbons (Fsp3) is 0.647. The van der Waals surface area contributed by atoms with Crippen LogP contribution in [0.2, 0.25) is 0 Å². The van der Waals surface area contributed by atoms with Gasteiger partial charge in [0.25, 0.3) is 0 Å². The fourth-order valence-corrected chi connectivity index (χ4v) is 2.84. The summed E-state index contributed by atoms with van der Waals surface area (Å²) in [5.74, 6) is 1.95. The largest absolute Gasteiger partial charge is 0.493 e. The highest BCUT2D eigenvalue weighted by Crippen LogP contribution is 2.29. The molecule has 0 radical (unpaired) electrons. The minimum atomic E-state index is -0.184. The molecule has 2 heteroatoms. The summed E-state index contributed by atoms with van der Waals surface area (Å²) in [5.41, 5.74) is 1.30. The van der Waals surface area contributed by atoms with Gasteiger partial charge in [0.2, 0.25) is 0 Å². The van der Waals surface area contributed by atoms with Crippen LogP contribution in [0.1, 0.15) is 57.4 Å². The first-order valence-corrected chi connectivity index (χ1v) is 7.57. The van der Waals surface area contributed by atoms with E-state index in [-0.39, 0.29) is 6.10 Å². The molecule has 1 aliphatic rings. The van der Waals surface area contributed by atoms with Gasteiger partial charge in [-0.15, -0.1) is 0 Å². The Labute approximate surface area is 116 Å². The third-order valence-corrected chi connectivity index (χ3v) is 4.15. The van der Waals surface area contributed by atoms with Crippen molar-refractivity contribution in [2.75, 3.05) is 6.61 Å². The minimum absolute atomic E-state index is 0.184. The van der Waals surface area contributed by atoms with Crippen LogP contribution in [0.25, 0.3) is 0 Å². The van der Waals surface area contributed by atoms with Crippen molar-refractivity contribution in [1.82, 2.24) is 0 Å². The molecule has 0 saturated heterocycles. The summed E-state index contributed by atoms with van der Waals surface area (Å²) >= 11 is 0. The maximum Gasteiger partial charge on any atom is 0.119 e. The van der Waals surface area contributed by atoms with Crippen LogP contribution in [0.5, 0.6) is 5.75 Å². The van der Waals surface area contributed by atoms with Gasteiger partial charge in [0.1, 0.15) is 5.75 Å². The first-order chi connectivity index (χ1) is 9.16. The molecule has 106 valence electrons. The molecule has 1 saturated carbocycles. The second-order valence-electron chi connectivity index (χ2n) is 5.98. The zero-order valence-corrected chi connectivity index (χ0v) is 12.1. The molecule has 2 rings (SSSR count). The lowest BCUT2D eigenvalue weighted by Crippen LogP contribution is -2.20. The topological polar surface area (TPSA) is 29.5 Å². The first-order valence-electron chi connectivity index (χ1n) is 7.57. The Bertz CT molecular complexity index is 381. The van der Waals surface area contributed by atoms with Crippen LogP contribution in [0.15, 0.2) is 24.3 Å². The van der Waals surface area contributed by atoms with E-state index < -0.39 is 0 Å². The van der Waals surface area contributed by atoms with Gasteiger partial charge in [0.15, 0.2) is 0 Å². The van der Waals surface area contributed by atoms with Gasteiger partial charge in [-0.1, -0.05) is 38.8 Å². The Morgan fingerprint density at radius 1 is 1.26 bits per heavy atom. The third kappa shape index (κ3) is 4.24. The molecule has 19 heavy (non-hydrogen) atoms. The van der Waals surface area contributed by atoms with E-state index in [4.69, 9.17) is 4.74 Å². The summed E-state index contributed by atoms with van der Waals surface area (Å²) in [6.45, 7) is 4.98. The SMILES string of the molecule is CC(C)c1cccc(OCCC(O)C2CCCC2)c1. The molecular formula is C17H26O2. The predicted octanol–water partition coefficient (Wildman–Crippen LogP) is 4.13. The molecule has 2 nitrogen and oxygen atoms in total. The molecule has 1 N–H and O–H groups in total. The number of benzene rings is 1. The molecule has 0 heterocycles. The molecule has 0 bridgehead atoms. The van der Waals surface area contributed by atoms with E-state index in [0.717, 1.165) is 12.2 Å². The smallest absolute Gasteiger partial charge is 0.119 e. The van der Waals surface area contributed by atoms with E-state index >= 15 is 0 Å². The van der Waals surface area contributed by atoms with E-state index in [9.17, 15) is 5.11 Å². The van der Waals surface area contributed by atoms with Crippen LogP contribution in [0, 0.1) is 5.92 Å². The van der Waals surface area contributed by atoms with Crippen molar-refractivity contribution >= 4 is 0 Å². The molecule has 1 aromatic carbocycles. The summed E-state index contributed by atoms with van der Waals surface area (Å²) in [6, 6.07) is 8.27. The molecule has 1 fully saturated rings. The monoisotopic (exact) mass is 262 g/mol. The molecule has 0 amide bonds. The van der Waals surface area contributed by atoms with Gasteiger partial charge in [-0.3, -0.25) is 0 Å². The van der Waals surface area contributed by atoms with Gasteiger partial charge < -0.3 is 9.84 Å². The standard InChI is InChI=1S/C17H26O2/c1-13(2)15-8-5-9-16(12-15)19-11-10-17(18)14-6-3-4-7-14/h5,8-9,12-14,17-18H,3-4,6-7,10-11H2,1-2H3. The molecule has 1 aromatic rings. The third-order valence-electron chi connectivity index (χ3n) is 4.15. The molecule has 1 atom stereocenters. The number of aliphatic hydroxyl groups is 1. The molecule has 0 spiro atoms. The number of rotatable bonds is 6. The van der Waals surface area contributed by atoms with Crippen molar-refractivity contribution in [2.45, 2.75) is 58.0 Å². The number of hydrogen-bond acceptors (Lipinski definition) is 2. The Morgan fingerprint density at radius 3 is 2.68 bits per heavy atom. The van der Waals surface area contributed by atoms with Gasteiger partial charge in [0, 0.05) is 6.42 Å². The lowest BCUT2D eigenvalue weighted by atomic mass is 9.99. The average molecular weight is 262 g/mol. The number of ether oxygens (including phenoxy) is 1. The highest BCUT2D eigenvalue weighted by molar-refractivity contribution is 5.30. The molecule has 1 unspecified atom stereocenters. The summed E-state index contributed by atoms with van der Waals surface area (Å²) in [5, 5.41) is 10.1. The van der Waals surface area contributed by atoms with Crippen molar-refractivity contribution in [3.05, 3.63) is 29.8 Å². The molecule has 0 aliphatic heterocycles. The van der Waals surface area contributed by atoms with Crippen LogP contribution in [0.4, 0.5) is 0 Å². The molecule has 0 aromatic heterocycles. The second-order valence-corrected chi connectivity index (χ2v) is 5.98. The Kier molecular flexibility index (Phi) is 5.26. The predicted molar refractivity (Wildman–Crippen MR) is 78.6 cm³/mol. The minimum Gasteiger partial charge on any atom is -0.493 e. The van der Waals surface area contributed by atoms with Crippen molar-refractivity contribution in [3.63, 3.8) is 0 Å². The Morgan fingerprint density at radius 2 is 2.00 bits per heavy atom. The van der Waals surface area contributed by atoms with Crippen LogP contribution in [-0.2, 0) is 0 Å². The van der Waals surface area contributed by atoms with Crippen LogP contribution in [-0.4, -0.2) is 17.8 Å². The lowest BCUT2D eigenvalue weighted by Gasteiger charge is -2.18. The highest BCUT2D eigenvalue weighted by Gasteiger charge is 2.22. The van der Waals surface area contributed by atoms with Crippen molar-refractivity contribution in [3.8, 4) is 5.75 Å². The summed E-state index contributed by atoms with van der Waals surface area (Å²) in [7, 11) is 0. The van der Waals surface area contributed by atoms with Crippen LogP contribution >= 0.6 is 0 Å². The van der Waals surface area contributed by atoms with Gasteiger partial charge in [-0.05, 0) is 42.4 Å². The normalized spacial score (nSPS) is 17.9. The highest BCUT2D eigenvalue weighted by atomic mass is 16.5. The quantitative estimate of drug-likeness (QED) is 0.835. The Hall–Kier alpha value is -1.02. The van der Waals surface area contributed by atoms with E-state index in [2.05, 4.69) is 26.0 Å². The zero-order valence-electron chi connectivity index (χ0n) is 12.1. The maximum absolute atomic E-state index is 10.1. The van der Waals surface area contributed by atoms with Gasteiger partial charge in [-0.25, -0.2) is 0 Å². The van der Waals surface area contributed by atoms with E-state index in [1.165, 1.54) is 31.2 Å². The van der Waals surface area contributed by atoms with Gasteiger partial charge >= 0.3 is 0 Å². The van der Waals surface area contributed by atoms with Crippen molar-refractivity contribution in [2.24, 2.45) is 5.92 Å². The van der Waals surface area contributed by atoms with E-state index in [0.29, 0.717) is 18.4 Å². The first kappa shape index (κ1) is 14.4. The molecular weight excluding hydrogens is 236 g/mol. The van der Waals surface area contributed by atoms with E-state index in [1.807, 2.05) is 12.1 Å². The van der Waals surface area contributed by atoms with E-state index in [1.54, 1.807) is 0 Å². The van der Waals surface area contributed by atoms with Crippen LogP contribution in [0.3, 0.4) is 0 Å². The second kappa shape index (κ2) is 6.95. The summed E-state index contributed by atoms with van der Waals surface area (Å²) in [4.78, 5) is 0.